The second kappa shape index (κ2) is 15.0. The van der Waals surface area contributed by atoms with E-state index in [9.17, 15) is 35.6 Å². The van der Waals surface area contributed by atoms with Gasteiger partial charge in [-0.15, -0.1) is 0 Å². The van der Waals surface area contributed by atoms with Gasteiger partial charge in [0.1, 0.15) is 18.4 Å². The molecule has 260 valence electrons. The van der Waals surface area contributed by atoms with Crippen LogP contribution in [0.4, 0.5) is 23.2 Å². The monoisotopic (exact) mass is 717 g/mol. The van der Waals surface area contributed by atoms with Crippen molar-refractivity contribution in [2.24, 2.45) is 0 Å². The first kappa shape index (κ1) is 37.4. The molecule has 0 spiro atoms. The van der Waals surface area contributed by atoms with E-state index in [2.05, 4.69) is 5.32 Å². The summed E-state index contributed by atoms with van der Waals surface area (Å²) in [6.07, 6.45) is -4.92. The summed E-state index contributed by atoms with van der Waals surface area (Å²) >= 11 is 5.86. The van der Waals surface area contributed by atoms with Crippen molar-refractivity contribution >= 4 is 39.1 Å². The number of hydrogen-bond donors (Lipinski definition) is 1. The molecule has 0 unspecified atom stereocenters. The SMILES string of the molecule is Cc1ccc(S(=O)(=O)N(CC(=O)N(Cc2ccc(F)cc2)[C@@H](Cc2ccccc2)C(=O)NC(C)(C)C)c2ccc(Cl)c(C(F)(F)F)c2)cc1. The lowest BCUT2D eigenvalue weighted by Crippen LogP contribution is -2.56. The summed E-state index contributed by atoms with van der Waals surface area (Å²) in [6.45, 7) is 5.77. The van der Waals surface area contributed by atoms with Crippen LogP contribution in [0.1, 0.15) is 43.0 Å². The van der Waals surface area contributed by atoms with E-state index in [0.717, 1.165) is 17.7 Å². The van der Waals surface area contributed by atoms with Gasteiger partial charge in [0.15, 0.2) is 0 Å². The fraction of sp³-hybridized carbons (Fsp3) is 0.278. The molecule has 7 nitrogen and oxygen atoms in total. The molecule has 0 aromatic heterocycles. The van der Waals surface area contributed by atoms with Gasteiger partial charge >= 0.3 is 6.18 Å². The maximum Gasteiger partial charge on any atom is 0.417 e. The Morgan fingerprint density at radius 3 is 2.04 bits per heavy atom. The van der Waals surface area contributed by atoms with Gasteiger partial charge < -0.3 is 10.2 Å². The average molecular weight is 718 g/mol. The molecule has 4 aromatic carbocycles. The predicted molar refractivity (Wildman–Crippen MR) is 181 cm³/mol. The van der Waals surface area contributed by atoms with Crippen molar-refractivity contribution in [3.05, 3.63) is 130 Å². The molecular formula is C36H36ClF4N3O4S. The second-order valence-electron chi connectivity index (χ2n) is 12.6. The number of carbonyl (C=O) groups excluding carboxylic acids is 2. The van der Waals surface area contributed by atoms with Gasteiger partial charge in [0.25, 0.3) is 10.0 Å². The summed E-state index contributed by atoms with van der Waals surface area (Å²) < 4.78 is 84.6. The third kappa shape index (κ3) is 9.82. The van der Waals surface area contributed by atoms with E-state index in [1.165, 1.54) is 53.4 Å². The van der Waals surface area contributed by atoms with Gasteiger partial charge in [0, 0.05) is 18.5 Å². The van der Waals surface area contributed by atoms with Crippen LogP contribution in [-0.2, 0) is 38.8 Å². The molecule has 0 aliphatic heterocycles. The van der Waals surface area contributed by atoms with Gasteiger partial charge in [-0.25, -0.2) is 12.8 Å². The van der Waals surface area contributed by atoms with Gasteiger partial charge in [-0.1, -0.05) is 71.8 Å². The Morgan fingerprint density at radius 1 is 0.857 bits per heavy atom. The Kier molecular flexibility index (Phi) is 11.4. The van der Waals surface area contributed by atoms with Crippen LogP contribution in [0.25, 0.3) is 0 Å². The minimum Gasteiger partial charge on any atom is -0.350 e. The number of rotatable bonds is 11. The highest BCUT2D eigenvalue weighted by molar-refractivity contribution is 7.92. The first-order valence-electron chi connectivity index (χ1n) is 15.2. The molecule has 4 rings (SSSR count). The maximum absolute atomic E-state index is 14.5. The van der Waals surface area contributed by atoms with Crippen LogP contribution in [0.2, 0.25) is 5.02 Å². The number of aryl methyl sites for hydroxylation is 1. The molecule has 4 aromatic rings. The Labute approximate surface area is 288 Å². The fourth-order valence-corrected chi connectivity index (χ4v) is 6.68. The van der Waals surface area contributed by atoms with Crippen LogP contribution in [0, 0.1) is 12.7 Å². The number of benzene rings is 4. The van der Waals surface area contributed by atoms with Crippen LogP contribution in [0.15, 0.2) is 102 Å². The van der Waals surface area contributed by atoms with Crippen molar-refractivity contribution in [1.82, 2.24) is 10.2 Å². The van der Waals surface area contributed by atoms with E-state index in [0.29, 0.717) is 21.5 Å². The number of halogens is 5. The molecule has 0 aliphatic carbocycles. The number of alkyl halides is 3. The normalized spacial score (nSPS) is 12.7. The van der Waals surface area contributed by atoms with E-state index in [4.69, 9.17) is 11.6 Å². The summed E-state index contributed by atoms with van der Waals surface area (Å²) in [5, 5.41) is 2.22. The molecule has 49 heavy (non-hydrogen) atoms. The van der Waals surface area contributed by atoms with Gasteiger partial charge in [-0.05, 0) is 81.3 Å². The molecule has 13 heteroatoms. The number of nitrogens with zero attached hydrogens (tertiary/aromatic N) is 2. The summed E-state index contributed by atoms with van der Waals surface area (Å²) in [6, 6.07) is 21.0. The first-order valence-corrected chi connectivity index (χ1v) is 17.0. The largest absolute Gasteiger partial charge is 0.417 e. The van der Waals surface area contributed by atoms with Crippen LogP contribution in [0.5, 0.6) is 0 Å². The van der Waals surface area contributed by atoms with E-state index in [1.807, 2.05) is 0 Å². The number of hydrogen-bond acceptors (Lipinski definition) is 4. The predicted octanol–water partition coefficient (Wildman–Crippen LogP) is 7.56. The number of sulfonamides is 1. The van der Waals surface area contributed by atoms with Gasteiger partial charge in [0.2, 0.25) is 11.8 Å². The smallest absolute Gasteiger partial charge is 0.350 e. The summed E-state index contributed by atoms with van der Waals surface area (Å²) in [7, 11) is -4.66. The lowest BCUT2D eigenvalue weighted by molar-refractivity contribution is -0.140. The highest BCUT2D eigenvalue weighted by Gasteiger charge is 2.38. The zero-order chi connectivity index (χ0) is 36.1. The number of amides is 2. The van der Waals surface area contributed by atoms with Crippen molar-refractivity contribution in [3.63, 3.8) is 0 Å². The molecule has 0 heterocycles. The molecule has 0 bridgehead atoms. The standard InChI is InChI=1S/C36H36ClF4N3O4S/c1-24-10-17-29(18-11-24)49(47,48)44(28-16-19-31(37)30(21-28)36(39,40)41)23-33(45)43(22-26-12-14-27(38)15-13-26)32(34(46)42-35(2,3)4)20-25-8-6-5-7-9-25/h5-19,21,32H,20,22-23H2,1-4H3,(H,42,46)/t32-/m0/s1. The second-order valence-corrected chi connectivity index (χ2v) is 14.8. The molecule has 0 fully saturated rings. The van der Waals surface area contributed by atoms with Crippen LogP contribution in [0.3, 0.4) is 0 Å². The third-order valence-electron chi connectivity index (χ3n) is 7.47. The molecule has 1 N–H and O–H groups in total. The zero-order valence-corrected chi connectivity index (χ0v) is 28.8. The molecule has 0 saturated heterocycles. The summed E-state index contributed by atoms with van der Waals surface area (Å²) in [5.41, 5.74) is -0.648. The van der Waals surface area contributed by atoms with Gasteiger partial charge in [-0.3, -0.25) is 13.9 Å². The maximum atomic E-state index is 14.5. The Balaban J connectivity index is 1.88. The van der Waals surface area contributed by atoms with Crippen molar-refractivity contribution in [1.29, 1.82) is 0 Å². The van der Waals surface area contributed by atoms with Gasteiger partial charge in [-0.2, -0.15) is 13.2 Å². The van der Waals surface area contributed by atoms with Crippen LogP contribution in [-0.4, -0.2) is 43.3 Å². The minimum atomic E-state index is -4.93. The third-order valence-corrected chi connectivity index (χ3v) is 9.58. The highest BCUT2D eigenvalue weighted by atomic mass is 35.5. The lowest BCUT2D eigenvalue weighted by atomic mass is 10.0. The average Bonchev–Trinajstić information content (AvgIpc) is 3.02. The van der Waals surface area contributed by atoms with Crippen molar-refractivity contribution in [3.8, 4) is 0 Å². The quantitative estimate of drug-likeness (QED) is 0.162. The Morgan fingerprint density at radius 2 is 1.47 bits per heavy atom. The fourth-order valence-electron chi connectivity index (χ4n) is 5.05. The molecule has 0 radical (unpaired) electrons. The van der Waals surface area contributed by atoms with Crippen LogP contribution >= 0.6 is 11.6 Å². The minimum absolute atomic E-state index is 0.0135. The molecule has 0 saturated carbocycles. The van der Waals surface area contributed by atoms with E-state index in [-0.39, 0.29) is 17.9 Å². The van der Waals surface area contributed by atoms with Crippen LogP contribution < -0.4 is 9.62 Å². The molecular weight excluding hydrogens is 682 g/mol. The molecule has 0 aliphatic rings. The topological polar surface area (TPSA) is 86.8 Å². The zero-order valence-electron chi connectivity index (χ0n) is 27.3. The van der Waals surface area contributed by atoms with E-state index in [1.54, 1.807) is 58.0 Å². The molecule has 2 amide bonds. The summed E-state index contributed by atoms with van der Waals surface area (Å²) in [4.78, 5) is 29.3. The van der Waals surface area contributed by atoms with E-state index >= 15 is 0 Å². The Bertz CT molecular complexity index is 1880. The lowest BCUT2D eigenvalue weighted by Gasteiger charge is -2.35. The van der Waals surface area contributed by atoms with Crippen molar-refractivity contribution < 1.29 is 35.6 Å². The Hall–Kier alpha value is -4.42. The highest BCUT2D eigenvalue weighted by Crippen LogP contribution is 2.38. The summed E-state index contributed by atoms with van der Waals surface area (Å²) in [5.74, 6) is -1.98. The number of anilines is 1. The van der Waals surface area contributed by atoms with E-state index < -0.39 is 68.2 Å². The number of nitrogens with one attached hydrogen (secondary N) is 1. The van der Waals surface area contributed by atoms with Gasteiger partial charge in [0.05, 0.1) is 21.2 Å². The number of carbonyl (C=O) groups is 2. The van der Waals surface area contributed by atoms with Crippen molar-refractivity contribution in [2.75, 3.05) is 10.8 Å². The molecule has 1 atom stereocenters. The van der Waals surface area contributed by atoms with Crippen molar-refractivity contribution in [2.45, 2.75) is 63.3 Å². The first-order chi connectivity index (χ1) is 22.8.